The number of aryl methyl sites for hydroxylation is 1. The van der Waals surface area contributed by atoms with Crippen LogP contribution in [0.15, 0.2) is 0 Å². The molecule has 1 aliphatic rings. The zero-order valence-corrected chi connectivity index (χ0v) is 12.7. The number of nitrogens with zero attached hydrogens (tertiary/aromatic N) is 1. The molecule has 1 aromatic rings. The standard InChI is InChI=1S/C15H23N3O2/c1-9-12(11(3)19)10(2)17-13(9)14(20)18-6-5-15(4,7-16)8-18/h17H,5-8,16H2,1-4H3. The first-order valence-corrected chi connectivity index (χ1v) is 6.98. The van der Waals surface area contributed by atoms with Gasteiger partial charge in [-0.1, -0.05) is 6.92 Å². The number of hydrogen-bond acceptors (Lipinski definition) is 3. The van der Waals surface area contributed by atoms with E-state index in [1.165, 1.54) is 6.92 Å². The van der Waals surface area contributed by atoms with Gasteiger partial charge in [-0.25, -0.2) is 0 Å². The monoisotopic (exact) mass is 277 g/mol. The molecule has 1 atom stereocenters. The minimum atomic E-state index is -0.0322. The fourth-order valence-electron chi connectivity index (χ4n) is 3.01. The van der Waals surface area contributed by atoms with Gasteiger partial charge in [0.25, 0.3) is 5.91 Å². The molecular weight excluding hydrogens is 254 g/mol. The summed E-state index contributed by atoms with van der Waals surface area (Å²) in [6.45, 7) is 9.26. The first kappa shape index (κ1) is 14.8. The average molecular weight is 277 g/mol. The SMILES string of the molecule is CC(=O)c1c(C)[nH]c(C(=O)N2CCC(C)(CN)C2)c1C. The molecule has 0 spiro atoms. The average Bonchev–Trinajstić information content (AvgIpc) is 2.90. The second-order valence-electron chi connectivity index (χ2n) is 6.17. The van der Waals surface area contributed by atoms with Crippen molar-refractivity contribution in [2.24, 2.45) is 11.1 Å². The molecule has 0 aliphatic carbocycles. The number of rotatable bonds is 3. The summed E-state index contributed by atoms with van der Waals surface area (Å²) in [5.41, 5.74) is 8.47. The minimum absolute atomic E-state index is 0.00854. The van der Waals surface area contributed by atoms with Crippen molar-refractivity contribution in [2.75, 3.05) is 19.6 Å². The topological polar surface area (TPSA) is 79.2 Å². The molecule has 0 bridgehead atoms. The minimum Gasteiger partial charge on any atom is -0.354 e. The zero-order valence-electron chi connectivity index (χ0n) is 12.7. The molecule has 0 saturated carbocycles. The lowest BCUT2D eigenvalue weighted by atomic mass is 9.90. The van der Waals surface area contributed by atoms with E-state index in [9.17, 15) is 9.59 Å². The molecule has 1 fully saturated rings. The van der Waals surface area contributed by atoms with Crippen LogP contribution in [0.3, 0.4) is 0 Å². The van der Waals surface area contributed by atoms with E-state index in [0.29, 0.717) is 24.3 Å². The third-order valence-corrected chi connectivity index (χ3v) is 4.34. The highest BCUT2D eigenvalue weighted by atomic mass is 16.2. The molecule has 5 nitrogen and oxygen atoms in total. The van der Waals surface area contributed by atoms with Crippen molar-refractivity contribution in [1.82, 2.24) is 9.88 Å². The second kappa shape index (κ2) is 5.05. The van der Waals surface area contributed by atoms with Gasteiger partial charge in [-0.05, 0) is 44.7 Å². The van der Waals surface area contributed by atoms with Crippen LogP contribution < -0.4 is 5.73 Å². The maximum Gasteiger partial charge on any atom is 0.270 e. The molecule has 1 amide bonds. The van der Waals surface area contributed by atoms with Gasteiger partial charge in [-0.2, -0.15) is 0 Å². The van der Waals surface area contributed by atoms with E-state index >= 15 is 0 Å². The highest BCUT2D eigenvalue weighted by Gasteiger charge is 2.36. The quantitative estimate of drug-likeness (QED) is 0.824. The Labute approximate surface area is 119 Å². The van der Waals surface area contributed by atoms with Crippen molar-refractivity contribution in [3.63, 3.8) is 0 Å². The van der Waals surface area contributed by atoms with E-state index in [4.69, 9.17) is 5.73 Å². The molecule has 1 unspecified atom stereocenters. The van der Waals surface area contributed by atoms with Crippen LogP contribution >= 0.6 is 0 Å². The Hall–Kier alpha value is -1.62. The Kier molecular flexibility index (Phi) is 3.73. The van der Waals surface area contributed by atoms with Gasteiger partial charge in [0.2, 0.25) is 0 Å². The largest absolute Gasteiger partial charge is 0.354 e. The first-order valence-electron chi connectivity index (χ1n) is 6.98. The van der Waals surface area contributed by atoms with Crippen molar-refractivity contribution >= 4 is 11.7 Å². The van der Waals surface area contributed by atoms with E-state index in [0.717, 1.165) is 24.2 Å². The predicted octanol–water partition coefficient (Wildman–Crippen LogP) is 1.65. The number of aromatic amines is 1. The van der Waals surface area contributed by atoms with E-state index < -0.39 is 0 Å². The maximum atomic E-state index is 12.6. The highest BCUT2D eigenvalue weighted by Crippen LogP contribution is 2.30. The predicted molar refractivity (Wildman–Crippen MR) is 78.0 cm³/mol. The third kappa shape index (κ3) is 2.38. The van der Waals surface area contributed by atoms with E-state index in [-0.39, 0.29) is 17.1 Å². The number of nitrogens with two attached hydrogens (primary N) is 1. The van der Waals surface area contributed by atoms with Crippen LogP contribution in [0, 0.1) is 19.3 Å². The van der Waals surface area contributed by atoms with Crippen LogP contribution in [0.1, 0.15) is 52.4 Å². The molecule has 5 heteroatoms. The fourth-order valence-corrected chi connectivity index (χ4v) is 3.01. The van der Waals surface area contributed by atoms with Crippen molar-refractivity contribution in [3.05, 3.63) is 22.5 Å². The summed E-state index contributed by atoms with van der Waals surface area (Å²) >= 11 is 0. The number of amides is 1. The molecule has 1 aliphatic heterocycles. The molecular formula is C15H23N3O2. The second-order valence-corrected chi connectivity index (χ2v) is 6.17. The lowest BCUT2D eigenvalue weighted by Gasteiger charge is -2.22. The Morgan fingerprint density at radius 1 is 1.40 bits per heavy atom. The Morgan fingerprint density at radius 2 is 2.05 bits per heavy atom. The summed E-state index contributed by atoms with van der Waals surface area (Å²) in [4.78, 5) is 29.1. The number of carbonyl (C=O) groups excluding carboxylic acids is 2. The van der Waals surface area contributed by atoms with Gasteiger partial charge in [-0.3, -0.25) is 9.59 Å². The number of likely N-dealkylation sites (tertiary alicyclic amines) is 1. The van der Waals surface area contributed by atoms with Crippen molar-refractivity contribution in [3.8, 4) is 0 Å². The van der Waals surface area contributed by atoms with Gasteiger partial charge in [0.15, 0.2) is 5.78 Å². The lowest BCUT2D eigenvalue weighted by Crippen LogP contribution is -2.34. The molecule has 20 heavy (non-hydrogen) atoms. The summed E-state index contributed by atoms with van der Waals surface area (Å²) in [6.07, 6.45) is 0.924. The van der Waals surface area contributed by atoms with Gasteiger partial charge in [0, 0.05) is 24.3 Å². The molecule has 2 heterocycles. The van der Waals surface area contributed by atoms with Crippen LogP contribution in [0.2, 0.25) is 0 Å². The third-order valence-electron chi connectivity index (χ3n) is 4.34. The summed E-state index contributed by atoms with van der Waals surface area (Å²) in [6, 6.07) is 0. The first-order chi connectivity index (χ1) is 9.29. The molecule has 0 aromatic carbocycles. The number of aromatic nitrogens is 1. The Balaban J connectivity index is 2.28. The summed E-state index contributed by atoms with van der Waals surface area (Å²) in [5.74, 6) is -0.0428. The van der Waals surface area contributed by atoms with Crippen molar-refractivity contribution < 1.29 is 9.59 Å². The van der Waals surface area contributed by atoms with E-state index in [2.05, 4.69) is 11.9 Å². The number of H-pyrrole nitrogens is 1. The molecule has 1 aromatic heterocycles. The van der Waals surface area contributed by atoms with Gasteiger partial charge in [0.05, 0.1) is 0 Å². The number of ketones is 1. The smallest absolute Gasteiger partial charge is 0.270 e. The molecule has 0 radical (unpaired) electrons. The highest BCUT2D eigenvalue weighted by molar-refractivity contribution is 6.02. The van der Waals surface area contributed by atoms with Crippen molar-refractivity contribution in [1.29, 1.82) is 0 Å². The number of nitrogens with one attached hydrogen (secondary N) is 1. The van der Waals surface area contributed by atoms with Gasteiger partial charge in [0.1, 0.15) is 5.69 Å². The van der Waals surface area contributed by atoms with Crippen molar-refractivity contribution in [2.45, 2.75) is 34.1 Å². The maximum absolute atomic E-state index is 12.6. The lowest BCUT2D eigenvalue weighted by molar-refractivity contribution is 0.0771. The fraction of sp³-hybridized carbons (Fsp3) is 0.600. The zero-order chi connectivity index (χ0) is 15.1. The summed E-state index contributed by atoms with van der Waals surface area (Å²) in [7, 11) is 0. The van der Waals surface area contributed by atoms with Crippen LogP contribution in [0.25, 0.3) is 0 Å². The van der Waals surface area contributed by atoms with Gasteiger partial charge in [-0.15, -0.1) is 0 Å². The molecule has 3 N–H and O–H groups in total. The van der Waals surface area contributed by atoms with E-state index in [1.54, 1.807) is 0 Å². The number of Topliss-reactive ketones (excluding diaryl/α,β-unsaturated/α-hetero) is 1. The van der Waals surface area contributed by atoms with Gasteiger partial charge >= 0.3 is 0 Å². The molecule has 1 saturated heterocycles. The molecule has 2 rings (SSSR count). The Morgan fingerprint density at radius 3 is 2.50 bits per heavy atom. The van der Waals surface area contributed by atoms with Crippen LogP contribution in [0.5, 0.6) is 0 Å². The molecule has 110 valence electrons. The van der Waals surface area contributed by atoms with Crippen LogP contribution in [-0.4, -0.2) is 41.2 Å². The van der Waals surface area contributed by atoms with Gasteiger partial charge < -0.3 is 15.6 Å². The summed E-state index contributed by atoms with van der Waals surface area (Å²) in [5, 5.41) is 0. The van der Waals surface area contributed by atoms with Crippen LogP contribution in [0.4, 0.5) is 0 Å². The van der Waals surface area contributed by atoms with E-state index in [1.807, 2.05) is 18.7 Å². The normalized spacial score (nSPS) is 22.4. The van der Waals surface area contributed by atoms with Crippen LogP contribution in [-0.2, 0) is 0 Å². The number of hydrogen-bond donors (Lipinski definition) is 2. The Bertz CT molecular complexity index is 562. The number of carbonyl (C=O) groups is 2. The summed E-state index contributed by atoms with van der Waals surface area (Å²) < 4.78 is 0.